The van der Waals surface area contributed by atoms with Gasteiger partial charge in [-0.1, -0.05) is 6.07 Å². The quantitative estimate of drug-likeness (QED) is 0.842. The van der Waals surface area contributed by atoms with Gasteiger partial charge in [-0.15, -0.1) is 11.3 Å². The number of anilines is 1. The molecule has 1 amide bonds. The molecular formula is C11H10N2OS. The number of nitrogens with one attached hydrogen (secondary N) is 1. The molecule has 2 aromatic rings. The van der Waals surface area contributed by atoms with Gasteiger partial charge in [-0.05, 0) is 17.7 Å². The first-order chi connectivity index (χ1) is 7.25. The van der Waals surface area contributed by atoms with Gasteiger partial charge >= 0.3 is 0 Å². The van der Waals surface area contributed by atoms with Crippen LogP contribution in [0.5, 0.6) is 0 Å². The molecule has 0 aliphatic heterocycles. The second-order valence-corrected chi connectivity index (χ2v) is 4.03. The Balaban J connectivity index is 2.24. The van der Waals surface area contributed by atoms with Gasteiger partial charge in [0.25, 0.3) is 0 Å². The molecule has 2 heterocycles. The fraction of sp³-hybridized carbons (Fsp3) is 0.0909. The first-order valence-electron chi connectivity index (χ1n) is 4.52. The Morgan fingerprint density at radius 1 is 1.47 bits per heavy atom. The number of carbonyl (C=O) groups is 1. The number of aromatic nitrogens is 1. The van der Waals surface area contributed by atoms with Crippen LogP contribution in [0.1, 0.15) is 6.92 Å². The van der Waals surface area contributed by atoms with E-state index in [1.165, 1.54) is 18.3 Å². The van der Waals surface area contributed by atoms with Crippen molar-refractivity contribution in [1.29, 1.82) is 0 Å². The van der Waals surface area contributed by atoms with Crippen molar-refractivity contribution >= 4 is 22.2 Å². The van der Waals surface area contributed by atoms with E-state index in [9.17, 15) is 4.79 Å². The maximum Gasteiger partial charge on any atom is 0.221 e. The number of hydrogen-bond donors (Lipinski definition) is 1. The van der Waals surface area contributed by atoms with Crippen LogP contribution in [0, 0.1) is 0 Å². The van der Waals surface area contributed by atoms with Crippen molar-refractivity contribution in [2.45, 2.75) is 6.92 Å². The highest BCUT2D eigenvalue weighted by molar-refractivity contribution is 7.14. The molecule has 0 spiro atoms. The normalized spacial score (nSPS) is 9.93. The van der Waals surface area contributed by atoms with E-state index in [0.29, 0.717) is 0 Å². The van der Waals surface area contributed by atoms with E-state index >= 15 is 0 Å². The molecule has 76 valence electrons. The van der Waals surface area contributed by atoms with Crippen molar-refractivity contribution < 1.29 is 4.79 Å². The lowest BCUT2D eigenvalue weighted by Gasteiger charge is -1.95. The molecule has 0 fully saturated rings. The highest BCUT2D eigenvalue weighted by Crippen LogP contribution is 2.28. The number of hydrogen-bond acceptors (Lipinski definition) is 3. The van der Waals surface area contributed by atoms with Crippen molar-refractivity contribution in [3.05, 3.63) is 36.0 Å². The average Bonchev–Trinajstić information content (AvgIpc) is 2.67. The van der Waals surface area contributed by atoms with E-state index in [2.05, 4.69) is 10.3 Å². The number of carbonyl (C=O) groups excluding carboxylic acids is 1. The lowest BCUT2D eigenvalue weighted by Crippen LogP contribution is -2.03. The van der Waals surface area contributed by atoms with E-state index in [-0.39, 0.29) is 5.91 Å². The number of amides is 1. The van der Waals surface area contributed by atoms with E-state index in [1.807, 2.05) is 23.6 Å². The molecule has 0 aromatic carbocycles. The molecule has 0 aliphatic carbocycles. The molecule has 0 bridgehead atoms. The van der Waals surface area contributed by atoms with Crippen LogP contribution in [0.3, 0.4) is 0 Å². The van der Waals surface area contributed by atoms with Crippen LogP contribution in [-0.2, 0) is 4.79 Å². The zero-order valence-corrected chi connectivity index (χ0v) is 9.04. The highest BCUT2D eigenvalue weighted by Gasteiger charge is 2.02. The van der Waals surface area contributed by atoms with Crippen molar-refractivity contribution in [3.63, 3.8) is 0 Å². The Kier molecular flexibility index (Phi) is 2.78. The zero-order chi connectivity index (χ0) is 10.7. The third-order valence-electron chi connectivity index (χ3n) is 1.89. The predicted octanol–water partition coefficient (Wildman–Crippen LogP) is 2.77. The summed E-state index contributed by atoms with van der Waals surface area (Å²) < 4.78 is 0. The van der Waals surface area contributed by atoms with Gasteiger partial charge in [-0.25, -0.2) is 0 Å². The standard InChI is InChI=1S/C11H10N2OS/c1-8(14)13-11-5-10(7-15-11)9-3-2-4-12-6-9/h2-7H,1H3,(H,13,14). The monoisotopic (exact) mass is 218 g/mol. The van der Waals surface area contributed by atoms with Gasteiger partial charge in [0.2, 0.25) is 5.91 Å². The van der Waals surface area contributed by atoms with E-state index in [1.54, 1.807) is 12.4 Å². The third-order valence-corrected chi connectivity index (χ3v) is 2.74. The molecule has 0 atom stereocenters. The highest BCUT2D eigenvalue weighted by atomic mass is 32.1. The molecule has 3 nitrogen and oxygen atoms in total. The Morgan fingerprint density at radius 3 is 3.00 bits per heavy atom. The summed E-state index contributed by atoms with van der Waals surface area (Å²) in [5.74, 6) is -0.0467. The van der Waals surface area contributed by atoms with Gasteiger partial charge in [-0.3, -0.25) is 9.78 Å². The molecule has 15 heavy (non-hydrogen) atoms. The van der Waals surface area contributed by atoms with Crippen LogP contribution in [-0.4, -0.2) is 10.9 Å². The van der Waals surface area contributed by atoms with Gasteiger partial charge in [-0.2, -0.15) is 0 Å². The summed E-state index contributed by atoms with van der Waals surface area (Å²) in [6.45, 7) is 1.50. The largest absolute Gasteiger partial charge is 0.318 e. The summed E-state index contributed by atoms with van der Waals surface area (Å²) in [5.41, 5.74) is 2.14. The Hall–Kier alpha value is -1.68. The zero-order valence-electron chi connectivity index (χ0n) is 8.23. The molecule has 2 aromatic heterocycles. The summed E-state index contributed by atoms with van der Waals surface area (Å²) >= 11 is 1.51. The molecule has 0 aliphatic rings. The maximum atomic E-state index is 10.8. The van der Waals surface area contributed by atoms with Gasteiger partial charge in [0.1, 0.15) is 0 Å². The predicted molar refractivity (Wildman–Crippen MR) is 61.9 cm³/mol. The molecular weight excluding hydrogens is 208 g/mol. The molecule has 0 saturated heterocycles. The number of pyridine rings is 1. The molecule has 0 saturated carbocycles. The number of nitrogens with zero attached hydrogens (tertiary/aromatic N) is 1. The van der Waals surface area contributed by atoms with Crippen LogP contribution < -0.4 is 5.32 Å². The second-order valence-electron chi connectivity index (χ2n) is 3.12. The summed E-state index contributed by atoms with van der Waals surface area (Å²) in [6.07, 6.45) is 3.55. The van der Waals surface area contributed by atoms with Crippen LogP contribution in [0.15, 0.2) is 36.0 Å². The molecule has 2 rings (SSSR count). The molecule has 0 unspecified atom stereocenters. The minimum absolute atomic E-state index is 0.0467. The second kappa shape index (κ2) is 4.23. The van der Waals surface area contributed by atoms with Crippen molar-refractivity contribution in [2.75, 3.05) is 5.32 Å². The first-order valence-corrected chi connectivity index (χ1v) is 5.40. The maximum absolute atomic E-state index is 10.8. The summed E-state index contributed by atoms with van der Waals surface area (Å²) in [6, 6.07) is 5.83. The summed E-state index contributed by atoms with van der Waals surface area (Å²) in [7, 11) is 0. The number of thiophene rings is 1. The Labute approximate surface area is 91.8 Å². The van der Waals surface area contributed by atoms with E-state index < -0.39 is 0 Å². The third kappa shape index (κ3) is 2.41. The van der Waals surface area contributed by atoms with Crippen LogP contribution in [0.4, 0.5) is 5.00 Å². The lowest BCUT2D eigenvalue weighted by atomic mass is 10.1. The van der Waals surface area contributed by atoms with Crippen molar-refractivity contribution in [1.82, 2.24) is 4.98 Å². The van der Waals surface area contributed by atoms with E-state index in [4.69, 9.17) is 0 Å². The number of rotatable bonds is 2. The van der Waals surface area contributed by atoms with Crippen molar-refractivity contribution in [3.8, 4) is 11.1 Å². The van der Waals surface area contributed by atoms with Gasteiger partial charge in [0.15, 0.2) is 0 Å². The van der Waals surface area contributed by atoms with Crippen LogP contribution in [0.25, 0.3) is 11.1 Å². The topological polar surface area (TPSA) is 42.0 Å². The SMILES string of the molecule is CC(=O)Nc1cc(-c2cccnc2)cs1. The van der Waals surface area contributed by atoms with Gasteiger partial charge in [0.05, 0.1) is 5.00 Å². The fourth-order valence-electron chi connectivity index (χ4n) is 1.26. The minimum atomic E-state index is -0.0467. The van der Waals surface area contributed by atoms with Crippen LogP contribution >= 0.6 is 11.3 Å². The molecule has 1 N–H and O–H groups in total. The van der Waals surface area contributed by atoms with E-state index in [0.717, 1.165) is 16.1 Å². The Bertz CT molecular complexity index is 464. The lowest BCUT2D eigenvalue weighted by molar-refractivity contribution is -0.114. The fourth-order valence-corrected chi connectivity index (χ4v) is 2.12. The van der Waals surface area contributed by atoms with Gasteiger partial charge in [0, 0.05) is 30.3 Å². The first kappa shape index (κ1) is 9.86. The van der Waals surface area contributed by atoms with Gasteiger partial charge < -0.3 is 5.32 Å². The molecule has 4 heteroatoms. The summed E-state index contributed by atoms with van der Waals surface area (Å²) in [4.78, 5) is 14.9. The Morgan fingerprint density at radius 2 is 2.33 bits per heavy atom. The summed E-state index contributed by atoms with van der Waals surface area (Å²) in [5, 5.41) is 5.62. The molecule has 0 radical (unpaired) electrons. The minimum Gasteiger partial charge on any atom is -0.318 e. The smallest absolute Gasteiger partial charge is 0.221 e. The average molecular weight is 218 g/mol. The van der Waals surface area contributed by atoms with Crippen LogP contribution in [0.2, 0.25) is 0 Å². The van der Waals surface area contributed by atoms with Crippen molar-refractivity contribution in [2.24, 2.45) is 0 Å².